The Morgan fingerprint density at radius 2 is 2.14 bits per heavy atom. The van der Waals surface area contributed by atoms with Crippen molar-refractivity contribution in [3.8, 4) is 0 Å². The Morgan fingerprint density at radius 1 is 1.24 bits per heavy atom. The summed E-state index contributed by atoms with van der Waals surface area (Å²) in [5.74, 6) is 0. The normalized spacial score (nSPS) is 12.3. The summed E-state index contributed by atoms with van der Waals surface area (Å²) in [5, 5.41) is 4.36. The van der Waals surface area contributed by atoms with Gasteiger partial charge in [0.1, 0.15) is 0 Å². The summed E-state index contributed by atoms with van der Waals surface area (Å²) in [6.07, 6.45) is 9.45. The van der Waals surface area contributed by atoms with Crippen LogP contribution in [0.1, 0.15) is 31.0 Å². The van der Waals surface area contributed by atoms with Crippen molar-refractivity contribution in [3.05, 3.63) is 59.1 Å². The Hall–Kier alpha value is -1.45. The third-order valence-corrected chi connectivity index (χ3v) is 3.82. The van der Waals surface area contributed by atoms with E-state index in [9.17, 15) is 0 Å². The number of pyridine rings is 2. The van der Waals surface area contributed by atoms with Gasteiger partial charge in [-0.25, -0.2) is 0 Å². The molecule has 0 aliphatic heterocycles. The summed E-state index contributed by atoms with van der Waals surface area (Å²) in [6, 6.07) is 8.48. The van der Waals surface area contributed by atoms with Gasteiger partial charge >= 0.3 is 0 Å². The van der Waals surface area contributed by atoms with Crippen molar-refractivity contribution < 1.29 is 0 Å². The maximum Gasteiger partial charge on any atom is 0.0621 e. The average molecular weight is 304 g/mol. The molecule has 0 spiro atoms. The standard InChI is InChI=1S/C17H22ClN3/c1-2-9-20-16(7-6-15-5-3-4-10-21-15)12-14-8-11-19-13-17(14)18/h3-5,8,10-11,13,16,20H,2,6-7,9,12H2,1H3. The van der Waals surface area contributed by atoms with Gasteiger partial charge in [0, 0.05) is 30.3 Å². The van der Waals surface area contributed by atoms with E-state index in [2.05, 4.69) is 28.3 Å². The zero-order valence-corrected chi connectivity index (χ0v) is 13.2. The molecule has 2 aromatic rings. The lowest BCUT2D eigenvalue weighted by Gasteiger charge is -2.19. The van der Waals surface area contributed by atoms with Gasteiger partial charge in [0.05, 0.1) is 5.02 Å². The largest absolute Gasteiger partial charge is 0.314 e. The van der Waals surface area contributed by atoms with Crippen molar-refractivity contribution in [3.63, 3.8) is 0 Å². The molecule has 1 unspecified atom stereocenters. The average Bonchev–Trinajstić information content (AvgIpc) is 2.53. The van der Waals surface area contributed by atoms with Crippen LogP contribution < -0.4 is 5.32 Å². The second-order valence-electron chi connectivity index (χ2n) is 5.18. The summed E-state index contributed by atoms with van der Waals surface area (Å²) >= 11 is 6.22. The van der Waals surface area contributed by atoms with Gasteiger partial charge in [0.25, 0.3) is 0 Å². The van der Waals surface area contributed by atoms with E-state index < -0.39 is 0 Å². The molecule has 0 bridgehead atoms. The van der Waals surface area contributed by atoms with Crippen LogP contribution in [0.15, 0.2) is 42.9 Å². The monoisotopic (exact) mass is 303 g/mol. The molecule has 1 N–H and O–H groups in total. The van der Waals surface area contributed by atoms with Crippen LogP contribution in [0.3, 0.4) is 0 Å². The molecule has 2 rings (SSSR count). The van der Waals surface area contributed by atoms with E-state index in [4.69, 9.17) is 11.6 Å². The van der Waals surface area contributed by atoms with E-state index in [-0.39, 0.29) is 0 Å². The molecule has 21 heavy (non-hydrogen) atoms. The number of halogens is 1. The van der Waals surface area contributed by atoms with Gasteiger partial charge in [0.15, 0.2) is 0 Å². The van der Waals surface area contributed by atoms with E-state index in [1.165, 1.54) is 0 Å². The minimum Gasteiger partial charge on any atom is -0.314 e. The van der Waals surface area contributed by atoms with Gasteiger partial charge in [-0.05, 0) is 56.0 Å². The minimum absolute atomic E-state index is 0.409. The Bertz CT molecular complexity index is 531. The molecule has 0 aliphatic rings. The van der Waals surface area contributed by atoms with Crippen molar-refractivity contribution in [2.45, 2.75) is 38.6 Å². The molecule has 0 amide bonds. The smallest absolute Gasteiger partial charge is 0.0621 e. The summed E-state index contributed by atoms with van der Waals surface area (Å²) < 4.78 is 0. The highest BCUT2D eigenvalue weighted by Gasteiger charge is 2.11. The van der Waals surface area contributed by atoms with Crippen LogP contribution in [0.2, 0.25) is 5.02 Å². The van der Waals surface area contributed by atoms with E-state index in [1.54, 1.807) is 12.4 Å². The number of rotatable bonds is 8. The molecular formula is C17H22ClN3. The summed E-state index contributed by atoms with van der Waals surface area (Å²) in [7, 11) is 0. The molecule has 2 aromatic heterocycles. The number of nitrogens with zero attached hydrogens (tertiary/aromatic N) is 2. The third-order valence-electron chi connectivity index (χ3n) is 3.48. The van der Waals surface area contributed by atoms with Crippen LogP contribution >= 0.6 is 11.6 Å². The van der Waals surface area contributed by atoms with E-state index in [0.717, 1.165) is 48.5 Å². The SMILES string of the molecule is CCCNC(CCc1ccccn1)Cc1ccncc1Cl. The molecule has 2 heterocycles. The van der Waals surface area contributed by atoms with Crippen LogP contribution in [0.5, 0.6) is 0 Å². The second-order valence-corrected chi connectivity index (χ2v) is 5.59. The highest BCUT2D eigenvalue weighted by Crippen LogP contribution is 2.17. The van der Waals surface area contributed by atoms with E-state index >= 15 is 0 Å². The second kappa shape index (κ2) is 8.75. The van der Waals surface area contributed by atoms with Gasteiger partial charge in [-0.15, -0.1) is 0 Å². The van der Waals surface area contributed by atoms with Gasteiger partial charge in [-0.1, -0.05) is 24.6 Å². The summed E-state index contributed by atoms with van der Waals surface area (Å²) in [4.78, 5) is 8.44. The molecular weight excluding hydrogens is 282 g/mol. The Labute approximate surface area is 131 Å². The molecule has 1 atom stereocenters. The predicted octanol–water partition coefficient (Wildman–Crippen LogP) is 3.67. The maximum absolute atomic E-state index is 6.22. The highest BCUT2D eigenvalue weighted by atomic mass is 35.5. The van der Waals surface area contributed by atoms with Crippen molar-refractivity contribution in [2.75, 3.05) is 6.54 Å². The number of hydrogen-bond donors (Lipinski definition) is 1. The van der Waals surface area contributed by atoms with Crippen LogP contribution in [-0.4, -0.2) is 22.6 Å². The first-order valence-electron chi connectivity index (χ1n) is 7.51. The van der Waals surface area contributed by atoms with Gasteiger partial charge < -0.3 is 5.32 Å². The lowest BCUT2D eigenvalue weighted by atomic mass is 10.0. The molecule has 4 heteroatoms. The molecule has 0 aliphatic carbocycles. The van der Waals surface area contributed by atoms with Crippen molar-refractivity contribution >= 4 is 11.6 Å². The number of nitrogens with one attached hydrogen (secondary N) is 1. The van der Waals surface area contributed by atoms with Gasteiger partial charge in [-0.2, -0.15) is 0 Å². The van der Waals surface area contributed by atoms with Gasteiger partial charge in [0.2, 0.25) is 0 Å². The number of aryl methyl sites for hydroxylation is 1. The van der Waals surface area contributed by atoms with Crippen molar-refractivity contribution in [1.82, 2.24) is 15.3 Å². The number of aromatic nitrogens is 2. The fourth-order valence-corrected chi connectivity index (χ4v) is 2.52. The highest BCUT2D eigenvalue weighted by molar-refractivity contribution is 6.31. The van der Waals surface area contributed by atoms with Crippen LogP contribution in [0, 0.1) is 0 Å². The summed E-state index contributed by atoms with van der Waals surface area (Å²) in [6.45, 7) is 3.21. The van der Waals surface area contributed by atoms with E-state index in [1.807, 2.05) is 24.4 Å². The Morgan fingerprint density at radius 3 is 2.86 bits per heavy atom. The van der Waals surface area contributed by atoms with Crippen LogP contribution in [0.4, 0.5) is 0 Å². The third kappa shape index (κ3) is 5.44. The fraction of sp³-hybridized carbons (Fsp3) is 0.412. The fourth-order valence-electron chi connectivity index (χ4n) is 2.33. The summed E-state index contributed by atoms with van der Waals surface area (Å²) in [5.41, 5.74) is 2.29. The Kier molecular flexibility index (Phi) is 6.64. The quantitative estimate of drug-likeness (QED) is 0.808. The molecule has 112 valence electrons. The van der Waals surface area contributed by atoms with Crippen LogP contribution in [0.25, 0.3) is 0 Å². The topological polar surface area (TPSA) is 37.8 Å². The lowest BCUT2D eigenvalue weighted by molar-refractivity contribution is 0.475. The molecule has 0 aromatic carbocycles. The minimum atomic E-state index is 0.409. The zero-order valence-electron chi connectivity index (χ0n) is 12.4. The predicted molar refractivity (Wildman–Crippen MR) is 87.6 cm³/mol. The molecule has 3 nitrogen and oxygen atoms in total. The maximum atomic E-state index is 6.22. The van der Waals surface area contributed by atoms with Crippen molar-refractivity contribution in [1.29, 1.82) is 0 Å². The molecule has 0 saturated carbocycles. The first-order valence-corrected chi connectivity index (χ1v) is 7.89. The molecule has 0 fully saturated rings. The number of hydrogen-bond acceptors (Lipinski definition) is 3. The zero-order chi connectivity index (χ0) is 14.9. The molecule has 0 radical (unpaired) electrons. The van der Waals surface area contributed by atoms with Crippen LogP contribution in [-0.2, 0) is 12.8 Å². The molecule has 0 saturated heterocycles. The van der Waals surface area contributed by atoms with Crippen molar-refractivity contribution in [2.24, 2.45) is 0 Å². The van der Waals surface area contributed by atoms with Gasteiger partial charge in [-0.3, -0.25) is 9.97 Å². The first kappa shape index (κ1) is 15.9. The lowest BCUT2D eigenvalue weighted by Crippen LogP contribution is -2.32. The van der Waals surface area contributed by atoms with E-state index in [0.29, 0.717) is 6.04 Å². The first-order chi connectivity index (χ1) is 10.3. The Balaban J connectivity index is 1.96.